The second-order valence-corrected chi connectivity index (χ2v) is 10.4. The maximum absolute atomic E-state index is 13.2. The average Bonchev–Trinajstić information content (AvgIpc) is 3.37. The van der Waals surface area contributed by atoms with Gasteiger partial charge in [0.15, 0.2) is 0 Å². The Bertz CT molecular complexity index is 1120. The van der Waals surface area contributed by atoms with Crippen LogP contribution in [-0.4, -0.2) is 50.8 Å². The number of hydrogen-bond donors (Lipinski definition) is 2. The molecule has 9 heteroatoms. The van der Waals surface area contributed by atoms with E-state index in [-0.39, 0.29) is 29.9 Å². The highest BCUT2D eigenvalue weighted by Crippen LogP contribution is 2.32. The van der Waals surface area contributed by atoms with Crippen molar-refractivity contribution in [2.24, 2.45) is 5.92 Å². The Morgan fingerprint density at radius 2 is 1.94 bits per heavy atom. The Morgan fingerprint density at radius 1 is 1.19 bits per heavy atom. The molecule has 1 saturated heterocycles. The summed E-state index contributed by atoms with van der Waals surface area (Å²) >= 11 is 0. The number of carbonyl (C=O) groups is 2. The Kier molecular flexibility index (Phi) is 6.21. The first-order chi connectivity index (χ1) is 15.3. The molecule has 32 heavy (non-hydrogen) atoms. The van der Waals surface area contributed by atoms with E-state index in [4.69, 9.17) is 0 Å². The number of amides is 3. The fraction of sp³-hybridized carbons (Fsp3) is 0.391. The lowest BCUT2D eigenvalue weighted by atomic mass is 10.1. The van der Waals surface area contributed by atoms with Gasteiger partial charge in [-0.1, -0.05) is 44.2 Å². The summed E-state index contributed by atoms with van der Waals surface area (Å²) in [6.07, 6.45) is 0.577. The minimum Gasteiger partial charge on any atom is -0.328 e. The number of anilines is 1. The molecule has 0 bridgehead atoms. The zero-order chi connectivity index (χ0) is 22.9. The van der Waals surface area contributed by atoms with Gasteiger partial charge in [0.25, 0.3) is 10.0 Å². The van der Waals surface area contributed by atoms with Crippen LogP contribution in [0.1, 0.15) is 31.0 Å². The number of urea groups is 1. The van der Waals surface area contributed by atoms with Gasteiger partial charge in [-0.2, -0.15) is 0 Å². The van der Waals surface area contributed by atoms with Crippen molar-refractivity contribution in [3.8, 4) is 0 Å². The lowest BCUT2D eigenvalue weighted by Crippen LogP contribution is -2.38. The van der Waals surface area contributed by atoms with Gasteiger partial charge in [-0.25, -0.2) is 17.5 Å². The minimum atomic E-state index is -4.01. The number of hydrogen-bond acceptors (Lipinski definition) is 5. The highest BCUT2D eigenvalue weighted by molar-refractivity contribution is 7.89. The van der Waals surface area contributed by atoms with Crippen LogP contribution >= 0.6 is 0 Å². The predicted molar refractivity (Wildman–Crippen MR) is 122 cm³/mol. The van der Waals surface area contributed by atoms with Gasteiger partial charge in [0.05, 0.1) is 24.0 Å². The molecule has 2 aromatic carbocycles. The molecule has 0 spiro atoms. The topological polar surface area (TPSA) is 98.8 Å². The van der Waals surface area contributed by atoms with Crippen molar-refractivity contribution < 1.29 is 18.0 Å². The standard InChI is InChI=1S/C23H28N4O4S/c1-16(2)13-24-14-22(28)26-11-10-18-12-19(8-9-21(18)26)32(30,31)27-15-20(25-23(27)29)17-6-4-3-5-7-17/h3-9,12,16,20,24H,10-11,13-15H2,1-2H3,(H,25,29). The van der Waals surface area contributed by atoms with E-state index in [0.29, 0.717) is 18.9 Å². The van der Waals surface area contributed by atoms with E-state index in [1.807, 2.05) is 30.3 Å². The third-order valence-electron chi connectivity index (χ3n) is 5.74. The summed E-state index contributed by atoms with van der Waals surface area (Å²) in [7, 11) is -4.01. The summed E-state index contributed by atoms with van der Waals surface area (Å²) < 4.78 is 27.3. The molecule has 170 valence electrons. The van der Waals surface area contributed by atoms with Gasteiger partial charge in [-0.05, 0) is 48.2 Å². The fourth-order valence-corrected chi connectivity index (χ4v) is 5.49. The van der Waals surface area contributed by atoms with Gasteiger partial charge >= 0.3 is 6.03 Å². The van der Waals surface area contributed by atoms with Crippen molar-refractivity contribution in [3.63, 3.8) is 0 Å². The Hall–Kier alpha value is -2.91. The second kappa shape index (κ2) is 8.91. The van der Waals surface area contributed by atoms with Crippen LogP contribution in [0.2, 0.25) is 0 Å². The monoisotopic (exact) mass is 456 g/mol. The number of sulfonamides is 1. The van der Waals surface area contributed by atoms with Crippen molar-refractivity contribution in [1.29, 1.82) is 0 Å². The Balaban J connectivity index is 1.50. The molecule has 0 radical (unpaired) electrons. The Morgan fingerprint density at radius 3 is 2.66 bits per heavy atom. The second-order valence-electron chi connectivity index (χ2n) is 8.56. The average molecular weight is 457 g/mol. The first-order valence-corrected chi connectivity index (χ1v) is 12.2. The quantitative estimate of drug-likeness (QED) is 0.666. The van der Waals surface area contributed by atoms with Crippen molar-refractivity contribution >= 4 is 27.6 Å². The molecule has 2 heterocycles. The molecule has 2 aromatic rings. The number of carbonyl (C=O) groups excluding carboxylic acids is 2. The van der Waals surface area contributed by atoms with Crippen LogP contribution in [0.3, 0.4) is 0 Å². The van der Waals surface area contributed by atoms with E-state index in [9.17, 15) is 18.0 Å². The van der Waals surface area contributed by atoms with Crippen LogP contribution in [0.4, 0.5) is 10.5 Å². The fourth-order valence-electron chi connectivity index (χ4n) is 4.08. The van der Waals surface area contributed by atoms with Crippen LogP contribution in [0.15, 0.2) is 53.4 Å². The molecule has 1 atom stereocenters. The zero-order valence-electron chi connectivity index (χ0n) is 18.2. The summed E-state index contributed by atoms with van der Waals surface area (Å²) in [5, 5.41) is 5.90. The van der Waals surface area contributed by atoms with Gasteiger partial charge < -0.3 is 15.5 Å². The van der Waals surface area contributed by atoms with Gasteiger partial charge in [-0.3, -0.25) is 4.79 Å². The molecule has 8 nitrogen and oxygen atoms in total. The molecule has 2 aliphatic heterocycles. The summed E-state index contributed by atoms with van der Waals surface area (Å²) in [6.45, 7) is 5.70. The molecule has 1 fully saturated rings. The minimum absolute atomic E-state index is 0.0361. The first-order valence-electron chi connectivity index (χ1n) is 10.8. The molecule has 1 unspecified atom stereocenters. The number of nitrogens with zero attached hydrogens (tertiary/aromatic N) is 2. The highest BCUT2D eigenvalue weighted by atomic mass is 32.2. The third-order valence-corrected chi connectivity index (χ3v) is 7.48. The summed E-state index contributed by atoms with van der Waals surface area (Å²) in [5.74, 6) is 0.412. The molecular weight excluding hydrogens is 428 g/mol. The molecule has 0 aliphatic carbocycles. The first kappa shape index (κ1) is 22.3. The van der Waals surface area contributed by atoms with E-state index in [0.717, 1.165) is 27.7 Å². The maximum atomic E-state index is 13.2. The molecule has 4 rings (SSSR count). The van der Waals surface area contributed by atoms with E-state index in [2.05, 4.69) is 24.5 Å². The molecule has 3 amide bonds. The molecule has 2 N–H and O–H groups in total. The normalized spacial score (nSPS) is 18.2. The molecule has 0 aromatic heterocycles. The molecule has 2 aliphatic rings. The smallest absolute Gasteiger partial charge is 0.328 e. The lowest BCUT2D eigenvalue weighted by molar-refractivity contribution is -0.117. The third kappa shape index (κ3) is 4.35. The summed E-state index contributed by atoms with van der Waals surface area (Å²) in [5.41, 5.74) is 2.38. The zero-order valence-corrected chi connectivity index (χ0v) is 19.1. The number of benzene rings is 2. The van der Waals surface area contributed by atoms with E-state index >= 15 is 0 Å². The molecular formula is C23H28N4O4S. The lowest BCUT2D eigenvalue weighted by Gasteiger charge is -2.19. The van der Waals surface area contributed by atoms with Crippen LogP contribution in [-0.2, 0) is 21.2 Å². The highest BCUT2D eigenvalue weighted by Gasteiger charge is 2.39. The SMILES string of the molecule is CC(C)CNCC(=O)N1CCc2cc(S(=O)(=O)N3CC(c4ccccc4)NC3=O)ccc21. The van der Waals surface area contributed by atoms with Gasteiger partial charge in [0.1, 0.15) is 0 Å². The summed E-state index contributed by atoms with van der Waals surface area (Å²) in [4.78, 5) is 26.8. The van der Waals surface area contributed by atoms with E-state index in [1.54, 1.807) is 17.0 Å². The van der Waals surface area contributed by atoms with Gasteiger partial charge in [-0.15, -0.1) is 0 Å². The van der Waals surface area contributed by atoms with E-state index in [1.165, 1.54) is 6.07 Å². The van der Waals surface area contributed by atoms with Crippen LogP contribution in [0.25, 0.3) is 0 Å². The van der Waals surface area contributed by atoms with Crippen LogP contribution in [0.5, 0.6) is 0 Å². The van der Waals surface area contributed by atoms with Crippen LogP contribution in [0, 0.1) is 5.92 Å². The van der Waals surface area contributed by atoms with Crippen molar-refractivity contribution in [3.05, 3.63) is 59.7 Å². The van der Waals surface area contributed by atoms with E-state index < -0.39 is 16.1 Å². The van der Waals surface area contributed by atoms with Crippen molar-refractivity contribution in [2.45, 2.75) is 31.2 Å². The van der Waals surface area contributed by atoms with Crippen molar-refractivity contribution in [1.82, 2.24) is 14.9 Å². The van der Waals surface area contributed by atoms with Gasteiger partial charge in [0, 0.05) is 12.2 Å². The predicted octanol–water partition coefficient (Wildman–Crippen LogP) is 2.28. The maximum Gasteiger partial charge on any atom is 0.331 e. The van der Waals surface area contributed by atoms with Gasteiger partial charge in [0.2, 0.25) is 5.91 Å². The largest absolute Gasteiger partial charge is 0.331 e. The Labute approximate surface area is 188 Å². The van der Waals surface area contributed by atoms with Crippen molar-refractivity contribution in [2.75, 3.05) is 31.1 Å². The number of nitrogens with one attached hydrogen (secondary N) is 2. The number of fused-ring (bicyclic) bond motifs is 1. The summed E-state index contributed by atoms with van der Waals surface area (Å²) in [6, 6.07) is 13.0. The van der Waals surface area contributed by atoms with Crippen LogP contribution < -0.4 is 15.5 Å². The molecule has 0 saturated carbocycles. The number of rotatable bonds is 7.